The molecule has 0 atom stereocenters. The Bertz CT molecular complexity index is 719. The van der Waals surface area contributed by atoms with Gasteiger partial charge in [0, 0.05) is 16.9 Å². The fourth-order valence-corrected chi connectivity index (χ4v) is 3.22. The van der Waals surface area contributed by atoms with Crippen LogP contribution in [0.1, 0.15) is 5.56 Å². The molecule has 1 heterocycles. The van der Waals surface area contributed by atoms with E-state index in [4.69, 9.17) is 0 Å². The van der Waals surface area contributed by atoms with Crippen molar-refractivity contribution in [2.24, 2.45) is 0 Å². The van der Waals surface area contributed by atoms with E-state index in [0.29, 0.717) is 15.7 Å². The van der Waals surface area contributed by atoms with Gasteiger partial charge >= 0.3 is 0 Å². The molecule has 0 amide bonds. The fourth-order valence-electron chi connectivity index (χ4n) is 1.47. The van der Waals surface area contributed by atoms with E-state index < -0.39 is 20.7 Å². The maximum atomic E-state index is 13.6. The molecule has 0 aliphatic rings. The van der Waals surface area contributed by atoms with E-state index in [1.807, 2.05) is 0 Å². The van der Waals surface area contributed by atoms with Crippen LogP contribution in [0, 0.1) is 12.7 Å². The predicted molar refractivity (Wildman–Crippen MR) is 73.9 cm³/mol. The van der Waals surface area contributed by atoms with Gasteiger partial charge in [0.15, 0.2) is 0 Å². The topological polar surface area (TPSA) is 59.1 Å². The molecule has 0 spiro atoms. The van der Waals surface area contributed by atoms with Crippen LogP contribution in [0.5, 0.6) is 0 Å². The summed E-state index contributed by atoms with van der Waals surface area (Å²) in [5.74, 6) is -0.803. The molecule has 1 N–H and O–H groups in total. The van der Waals surface area contributed by atoms with Gasteiger partial charge in [0.2, 0.25) is 0 Å². The highest BCUT2D eigenvalue weighted by molar-refractivity contribution is 9.10. The molecule has 4 nitrogen and oxygen atoms in total. The number of benzene rings is 1. The van der Waals surface area contributed by atoms with E-state index in [2.05, 4.69) is 25.6 Å². The average Bonchev–Trinajstić information content (AvgIpc) is 2.35. The molecule has 2 aromatic rings. The summed E-state index contributed by atoms with van der Waals surface area (Å²) in [6.07, 6.45) is 2.98. The first-order valence-corrected chi connectivity index (χ1v) is 7.56. The SMILES string of the molecule is Cc1cnccc1NS(=O)(=O)c1cc(Br)ccc1F. The molecule has 19 heavy (non-hydrogen) atoms. The second-order valence-corrected chi connectivity index (χ2v) is 6.44. The Morgan fingerprint density at radius 1 is 1.32 bits per heavy atom. The second-order valence-electron chi connectivity index (χ2n) is 3.87. The fraction of sp³-hybridized carbons (Fsp3) is 0.0833. The summed E-state index contributed by atoms with van der Waals surface area (Å²) in [5.41, 5.74) is 1.02. The number of hydrogen-bond donors (Lipinski definition) is 1. The zero-order chi connectivity index (χ0) is 14.0. The van der Waals surface area contributed by atoms with E-state index in [9.17, 15) is 12.8 Å². The standard InChI is InChI=1S/C12H10BrFN2O2S/c1-8-7-15-5-4-11(8)16-19(17,18)12-6-9(13)2-3-10(12)14/h2-7H,1H3,(H,15,16). The van der Waals surface area contributed by atoms with Crippen molar-refractivity contribution >= 4 is 31.6 Å². The lowest BCUT2D eigenvalue weighted by molar-refractivity contribution is 0.570. The van der Waals surface area contributed by atoms with Gasteiger partial charge in [-0.15, -0.1) is 0 Å². The van der Waals surface area contributed by atoms with Crippen LogP contribution in [-0.4, -0.2) is 13.4 Å². The van der Waals surface area contributed by atoms with Crippen molar-refractivity contribution in [3.63, 3.8) is 0 Å². The van der Waals surface area contributed by atoms with Crippen LogP contribution in [-0.2, 0) is 10.0 Å². The zero-order valence-electron chi connectivity index (χ0n) is 9.89. The van der Waals surface area contributed by atoms with Gasteiger partial charge in [0.05, 0.1) is 5.69 Å². The van der Waals surface area contributed by atoms with Crippen molar-refractivity contribution in [2.75, 3.05) is 4.72 Å². The van der Waals surface area contributed by atoms with Gasteiger partial charge in [0.1, 0.15) is 10.7 Å². The lowest BCUT2D eigenvalue weighted by atomic mass is 10.3. The number of pyridine rings is 1. The van der Waals surface area contributed by atoms with Crippen LogP contribution in [0.15, 0.2) is 46.0 Å². The minimum absolute atomic E-state index is 0.370. The third-order valence-electron chi connectivity index (χ3n) is 2.45. The Morgan fingerprint density at radius 3 is 2.74 bits per heavy atom. The number of anilines is 1. The first-order chi connectivity index (χ1) is 8.90. The summed E-state index contributed by atoms with van der Waals surface area (Å²) >= 11 is 3.12. The minimum Gasteiger partial charge on any atom is -0.279 e. The summed E-state index contributed by atoms with van der Waals surface area (Å²) in [7, 11) is -3.97. The molecule has 1 aromatic carbocycles. The van der Waals surface area contributed by atoms with Gasteiger partial charge in [-0.05, 0) is 36.8 Å². The minimum atomic E-state index is -3.97. The summed E-state index contributed by atoms with van der Waals surface area (Å²) in [4.78, 5) is 3.46. The van der Waals surface area contributed by atoms with Crippen molar-refractivity contribution in [2.45, 2.75) is 11.8 Å². The second kappa shape index (κ2) is 5.26. The third-order valence-corrected chi connectivity index (χ3v) is 4.32. The van der Waals surface area contributed by atoms with Gasteiger partial charge in [0.25, 0.3) is 10.0 Å². The Labute approximate surface area is 118 Å². The number of halogens is 2. The van der Waals surface area contributed by atoms with Gasteiger partial charge in [-0.2, -0.15) is 0 Å². The molecule has 0 fully saturated rings. The predicted octanol–water partition coefficient (Wildman–Crippen LogP) is 3.09. The number of sulfonamides is 1. The van der Waals surface area contributed by atoms with Crippen LogP contribution in [0.3, 0.4) is 0 Å². The smallest absolute Gasteiger partial charge is 0.264 e. The van der Waals surface area contributed by atoms with Crippen LogP contribution in [0.4, 0.5) is 10.1 Å². The maximum absolute atomic E-state index is 13.6. The molecule has 0 unspecified atom stereocenters. The Kier molecular flexibility index (Phi) is 3.86. The third kappa shape index (κ3) is 3.10. The summed E-state index contributed by atoms with van der Waals surface area (Å²) in [6.45, 7) is 1.71. The van der Waals surface area contributed by atoms with E-state index >= 15 is 0 Å². The van der Waals surface area contributed by atoms with Crippen LogP contribution in [0.25, 0.3) is 0 Å². The molecule has 0 saturated heterocycles. The number of hydrogen-bond acceptors (Lipinski definition) is 3. The van der Waals surface area contributed by atoms with Gasteiger partial charge in [-0.1, -0.05) is 15.9 Å². The highest BCUT2D eigenvalue weighted by atomic mass is 79.9. The van der Waals surface area contributed by atoms with Crippen LogP contribution in [0.2, 0.25) is 0 Å². The molecule has 0 aliphatic carbocycles. The molecule has 1 aromatic heterocycles. The van der Waals surface area contributed by atoms with E-state index in [0.717, 1.165) is 6.07 Å². The van der Waals surface area contributed by atoms with E-state index in [1.54, 1.807) is 6.92 Å². The summed E-state index contributed by atoms with van der Waals surface area (Å²) in [6, 6.07) is 5.26. The van der Waals surface area contributed by atoms with Crippen molar-refractivity contribution < 1.29 is 12.8 Å². The zero-order valence-corrected chi connectivity index (χ0v) is 12.3. The van der Waals surface area contributed by atoms with Crippen molar-refractivity contribution in [1.29, 1.82) is 0 Å². The van der Waals surface area contributed by atoms with Gasteiger partial charge in [-0.3, -0.25) is 9.71 Å². The maximum Gasteiger partial charge on any atom is 0.264 e. The number of nitrogens with one attached hydrogen (secondary N) is 1. The lowest BCUT2D eigenvalue weighted by Crippen LogP contribution is -2.15. The molecule has 2 rings (SSSR count). The van der Waals surface area contributed by atoms with Crippen molar-refractivity contribution in [3.05, 3.63) is 52.5 Å². The van der Waals surface area contributed by atoms with Crippen molar-refractivity contribution in [1.82, 2.24) is 4.98 Å². The Morgan fingerprint density at radius 2 is 2.05 bits per heavy atom. The molecular formula is C12H10BrFN2O2S. The van der Waals surface area contributed by atoms with Gasteiger partial charge in [-0.25, -0.2) is 12.8 Å². The van der Waals surface area contributed by atoms with Gasteiger partial charge < -0.3 is 0 Å². The Hall–Kier alpha value is -1.47. The van der Waals surface area contributed by atoms with Crippen molar-refractivity contribution in [3.8, 4) is 0 Å². The van der Waals surface area contributed by atoms with Crippen LogP contribution >= 0.6 is 15.9 Å². The molecule has 0 aliphatic heterocycles. The van der Waals surface area contributed by atoms with E-state index in [1.165, 1.54) is 30.6 Å². The van der Waals surface area contributed by atoms with E-state index in [-0.39, 0.29) is 0 Å². The molecule has 0 bridgehead atoms. The molecule has 100 valence electrons. The number of rotatable bonds is 3. The summed E-state index contributed by atoms with van der Waals surface area (Å²) in [5, 5.41) is 0. The molecule has 0 saturated carbocycles. The Balaban J connectivity index is 2.44. The first-order valence-electron chi connectivity index (χ1n) is 5.28. The average molecular weight is 345 g/mol. The molecule has 7 heteroatoms. The largest absolute Gasteiger partial charge is 0.279 e. The highest BCUT2D eigenvalue weighted by Crippen LogP contribution is 2.23. The number of aryl methyl sites for hydroxylation is 1. The molecule has 0 radical (unpaired) electrons. The quantitative estimate of drug-likeness (QED) is 0.930. The molecular weight excluding hydrogens is 335 g/mol. The highest BCUT2D eigenvalue weighted by Gasteiger charge is 2.20. The summed E-state index contributed by atoms with van der Waals surface area (Å²) < 4.78 is 40.7. The number of nitrogens with zero attached hydrogens (tertiary/aromatic N) is 1. The van der Waals surface area contributed by atoms with Crippen LogP contribution < -0.4 is 4.72 Å². The normalized spacial score (nSPS) is 11.3. The first kappa shape index (κ1) is 14.0. The number of aromatic nitrogens is 1. The monoisotopic (exact) mass is 344 g/mol. The lowest BCUT2D eigenvalue weighted by Gasteiger charge is -2.10.